The van der Waals surface area contributed by atoms with Crippen LogP contribution in [0.25, 0.3) is 0 Å². The molecule has 2 N–H and O–H groups in total. The zero-order valence-corrected chi connectivity index (χ0v) is 9.73. The van der Waals surface area contributed by atoms with Crippen molar-refractivity contribution in [2.75, 3.05) is 27.2 Å². The van der Waals surface area contributed by atoms with Crippen LogP contribution in [0.2, 0.25) is 0 Å². The van der Waals surface area contributed by atoms with E-state index in [-0.39, 0.29) is 6.04 Å². The number of hydrogen-bond donors (Lipinski definition) is 1. The lowest BCUT2D eigenvalue weighted by molar-refractivity contribution is 0.256. The van der Waals surface area contributed by atoms with E-state index >= 15 is 0 Å². The van der Waals surface area contributed by atoms with E-state index in [2.05, 4.69) is 24.9 Å². The number of nitrogens with zero attached hydrogens (tertiary/aromatic N) is 1. The molecule has 1 atom stereocenters. The quantitative estimate of drug-likeness (QED) is 0.799. The van der Waals surface area contributed by atoms with Crippen molar-refractivity contribution in [2.24, 2.45) is 5.73 Å². The van der Waals surface area contributed by atoms with Crippen LogP contribution in [-0.4, -0.2) is 32.1 Å². The minimum absolute atomic E-state index is 0.228. The van der Waals surface area contributed by atoms with Crippen LogP contribution < -0.4 is 10.5 Å². The topological polar surface area (TPSA) is 38.5 Å². The van der Waals surface area contributed by atoms with Crippen molar-refractivity contribution in [3.8, 4) is 5.75 Å². The summed E-state index contributed by atoms with van der Waals surface area (Å²) in [6.07, 6.45) is 0. The molecule has 1 aromatic carbocycles. The van der Waals surface area contributed by atoms with E-state index in [0.717, 1.165) is 17.9 Å². The molecule has 1 unspecified atom stereocenters. The average Bonchev–Trinajstić information content (AvgIpc) is 2.30. The summed E-state index contributed by atoms with van der Waals surface area (Å²) in [4.78, 5) is 2.22. The predicted molar refractivity (Wildman–Crippen MR) is 63.1 cm³/mol. The Bertz CT molecular complexity index is 301. The molecule has 15 heavy (non-hydrogen) atoms. The highest BCUT2D eigenvalue weighted by atomic mass is 16.5. The Balaban J connectivity index is 3.00. The Morgan fingerprint density at radius 1 is 1.40 bits per heavy atom. The molecule has 84 valence electrons. The molecule has 0 aliphatic rings. The molecule has 0 saturated heterocycles. The Kier molecular flexibility index (Phi) is 4.59. The fraction of sp³-hybridized carbons (Fsp3) is 0.500. The van der Waals surface area contributed by atoms with Crippen LogP contribution in [0.15, 0.2) is 24.3 Å². The maximum atomic E-state index is 5.81. The van der Waals surface area contributed by atoms with Gasteiger partial charge in [-0.05, 0) is 19.7 Å². The van der Waals surface area contributed by atoms with E-state index < -0.39 is 0 Å². The zero-order valence-electron chi connectivity index (χ0n) is 9.73. The van der Waals surface area contributed by atoms with Gasteiger partial charge in [-0.25, -0.2) is 0 Å². The largest absolute Gasteiger partial charge is 0.496 e. The zero-order chi connectivity index (χ0) is 11.3. The molecular formula is C12H20N2O. The van der Waals surface area contributed by atoms with Crippen molar-refractivity contribution in [3.05, 3.63) is 29.8 Å². The summed E-state index contributed by atoms with van der Waals surface area (Å²) < 4.78 is 5.34. The number of benzene rings is 1. The third kappa shape index (κ3) is 2.70. The van der Waals surface area contributed by atoms with Crippen molar-refractivity contribution in [3.63, 3.8) is 0 Å². The van der Waals surface area contributed by atoms with Gasteiger partial charge in [0.2, 0.25) is 0 Å². The highest BCUT2D eigenvalue weighted by Gasteiger charge is 2.17. The molecule has 0 spiro atoms. The van der Waals surface area contributed by atoms with Crippen LogP contribution in [-0.2, 0) is 0 Å². The number of nitrogens with two attached hydrogens (primary N) is 1. The monoisotopic (exact) mass is 208 g/mol. The molecular weight excluding hydrogens is 188 g/mol. The second-order valence-corrected chi connectivity index (χ2v) is 3.57. The van der Waals surface area contributed by atoms with Gasteiger partial charge in [0.15, 0.2) is 0 Å². The van der Waals surface area contributed by atoms with Gasteiger partial charge < -0.3 is 10.5 Å². The molecule has 1 rings (SSSR count). The van der Waals surface area contributed by atoms with E-state index in [9.17, 15) is 0 Å². The molecule has 0 aliphatic carbocycles. The Labute approximate surface area is 91.8 Å². The van der Waals surface area contributed by atoms with E-state index in [0.29, 0.717) is 6.54 Å². The van der Waals surface area contributed by atoms with Crippen LogP contribution in [0, 0.1) is 0 Å². The Hall–Kier alpha value is -1.06. The number of methoxy groups -OCH3 is 1. The third-order valence-electron chi connectivity index (χ3n) is 2.75. The molecule has 1 aromatic rings. The van der Waals surface area contributed by atoms with Gasteiger partial charge in [0.25, 0.3) is 0 Å². The average molecular weight is 208 g/mol. The minimum Gasteiger partial charge on any atom is -0.496 e. The lowest BCUT2D eigenvalue weighted by atomic mass is 10.0. The molecule has 0 fully saturated rings. The summed E-state index contributed by atoms with van der Waals surface area (Å²) in [5, 5.41) is 0. The van der Waals surface area contributed by atoms with Gasteiger partial charge in [-0.3, -0.25) is 4.90 Å². The van der Waals surface area contributed by atoms with E-state index in [1.165, 1.54) is 0 Å². The number of para-hydroxylation sites is 1. The smallest absolute Gasteiger partial charge is 0.123 e. The van der Waals surface area contributed by atoms with Gasteiger partial charge in [-0.2, -0.15) is 0 Å². The highest BCUT2D eigenvalue weighted by molar-refractivity contribution is 5.36. The first-order valence-corrected chi connectivity index (χ1v) is 5.27. The van der Waals surface area contributed by atoms with E-state index in [1.807, 2.05) is 18.2 Å². The first-order chi connectivity index (χ1) is 7.24. The standard InChI is InChI=1S/C12H20N2O/c1-4-14(2)11(9-13)10-7-5-6-8-12(10)15-3/h5-8,11H,4,9,13H2,1-3H3. The number of ether oxygens (including phenoxy) is 1. The second-order valence-electron chi connectivity index (χ2n) is 3.57. The van der Waals surface area contributed by atoms with Crippen LogP contribution in [0.4, 0.5) is 0 Å². The molecule has 0 saturated carbocycles. The molecule has 3 nitrogen and oxygen atoms in total. The number of hydrogen-bond acceptors (Lipinski definition) is 3. The molecule has 0 radical (unpaired) electrons. The molecule has 0 aliphatic heterocycles. The van der Waals surface area contributed by atoms with Crippen molar-refractivity contribution in [1.29, 1.82) is 0 Å². The van der Waals surface area contributed by atoms with Crippen molar-refractivity contribution >= 4 is 0 Å². The number of rotatable bonds is 5. The highest BCUT2D eigenvalue weighted by Crippen LogP contribution is 2.27. The number of likely N-dealkylation sites (N-methyl/N-ethyl adjacent to an activating group) is 1. The molecule has 0 bridgehead atoms. The van der Waals surface area contributed by atoms with Gasteiger partial charge in [-0.1, -0.05) is 25.1 Å². The predicted octanol–water partition coefficient (Wildman–Crippen LogP) is 1.65. The summed E-state index contributed by atoms with van der Waals surface area (Å²) in [5.74, 6) is 0.910. The third-order valence-corrected chi connectivity index (χ3v) is 2.75. The van der Waals surface area contributed by atoms with Crippen molar-refractivity contribution < 1.29 is 4.74 Å². The van der Waals surface area contributed by atoms with Gasteiger partial charge in [0.1, 0.15) is 5.75 Å². The second kappa shape index (κ2) is 5.73. The Morgan fingerprint density at radius 2 is 2.07 bits per heavy atom. The first-order valence-electron chi connectivity index (χ1n) is 5.27. The maximum Gasteiger partial charge on any atom is 0.123 e. The van der Waals surface area contributed by atoms with E-state index in [4.69, 9.17) is 10.5 Å². The van der Waals surface area contributed by atoms with E-state index in [1.54, 1.807) is 7.11 Å². The lowest BCUT2D eigenvalue weighted by Gasteiger charge is -2.27. The summed E-state index contributed by atoms with van der Waals surface area (Å²) in [6.45, 7) is 3.70. The normalized spacial score (nSPS) is 12.9. The lowest BCUT2D eigenvalue weighted by Crippen LogP contribution is -2.30. The summed E-state index contributed by atoms with van der Waals surface area (Å²) in [7, 11) is 3.77. The molecule has 0 amide bonds. The fourth-order valence-corrected chi connectivity index (χ4v) is 1.71. The van der Waals surface area contributed by atoms with Crippen LogP contribution in [0.1, 0.15) is 18.5 Å². The van der Waals surface area contributed by atoms with Crippen molar-refractivity contribution in [1.82, 2.24) is 4.90 Å². The van der Waals surface area contributed by atoms with Gasteiger partial charge in [0.05, 0.1) is 13.2 Å². The van der Waals surface area contributed by atoms with Crippen molar-refractivity contribution in [2.45, 2.75) is 13.0 Å². The SMILES string of the molecule is CCN(C)C(CN)c1ccccc1OC. The van der Waals surface area contributed by atoms with Crippen LogP contribution in [0.3, 0.4) is 0 Å². The molecule has 3 heteroatoms. The van der Waals surface area contributed by atoms with Gasteiger partial charge >= 0.3 is 0 Å². The van der Waals surface area contributed by atoms with Crippen LogP contribution >= 0.6 is 0 Å². The maximum absolute atomic E-state index is 5.81. The fourth-order valence-electron chi connectivity index (χ4n) is 1.71. The minimum atomic E-state index is 0.228. The summed E-state index contributed by atoms with van der Waals surface area (Å²) in [6, 6.07) is 8.27. The Morgan fingerprint density at radius 3 is 2.60 bits per heavy atom. The molecule has 0 aromatic heterocycles. The van der Waals surface area contributed by atoms with Gasteiger partial charge in [-0.15, -0.1) is 0 Å². The first kappa shape index (κ1) is 12.0. The summed E-state index contributed by atoms with van der Waals surface area (Å²) in [5.41, 5.74) is 6.97. The molecule has 0 heterocycles. The van der Waals surface area contributed by atoms with Gasteiger partial charge in [0, 0.05) is 12.1 Å². The van der Waals surface area contributed by atoms with Crippen LogP contribution in [0.5, 0.6) is 5.75 Å². The summed E-state index contributed by atoms with van der Waals surface area (Å²) >= 11 is 0.